The van der Waals surface area contributed by atoms with Gasteiger partial charge in [-0.05, 0) is 43.7 Å². The summed E-state index contributed by atoms with van der Waals surface area (Å²) in [7, 11) is 0. The highest BCUT2D eigenvalue weighted by molar-refractivity contribution is 7.07. The maximum absolute atomic E-state index is 13.9. The van der Waals surface area contributed by atoms with E-state index in [2.05, 4.69) is 10.3 Å². The van der Waals surface area contributed by atoms with Crippen molar-refractivity contribution in [2.24, 2.45) is 4.99 Å². The van der Waals surface area contributed by atoms with Gasteiger partial charge in [-0.1, -0.05) is 77.6 Å². The van der Waals surface area contributed by atoms with Gasteiger partial charge in [0, 0.05) is 11.3 Å². The van der Waals surface area contributed by atoms with Crippen LogP contribution in [0.4, 0.5) is 5.69 Å². The van der Waals surface area contributed by atoms with Crippen LogP contribution in [0.15, 0.2) is 99.9 Å². The number of aryl methyl sites for hydroxylation is 1. The van der Waals surface area contributed by atoms with Crippen LogP contribution in [0, 0.1) is 18.3 Å². The lowest BCUT2D eigenvalue weighted by Gasteiger charge is -2.25. The number of hydrogen-bond acceptors (Lipinski definition) is 6. The lowest BCUT2D eigenvalue weighted by Crippen LogP contribution is -2.40. The number of nitrogens with zero attached hydrogens (tertiary/aromatic N) is 3. The van der Waals surface area contributed by atoms with E-state index >= 15 is 0 Å². The van der Waals surface area contributed by atoms with Crippen molar-refractivity contribution in [3.8, 4) is 11.8 Å². The standard InChI is InChI=1S/C30H24N4O3S/c1-19-12-14-21(15-13-19)27-26(28(35)33-23-9-4-3-5-10-23)20(2)32-30-34(27)29(36)25(38-30)18-22-8-6-7-11-24(22)37-17-16-31/h3-15,18,27H,17H2,1-2H3,(H,33,35)/b25-18-/t27-/m0/s1. The molecule has 188 valence electrons. The molecule has 3 aromatic carbocycles. The van der Waals surface area contributed by atoms with Gasteiger partial charge in [0.2, 0.25) is 0 Å². The van der Waals surface area contributed by atoms with Gasteiger partial charge in [-0.15, -0.1) is 0 Å². The minimum Gasteiger partial charge on any atom is -0.478 e. The van der Waals surface area contributed by atoms with Gasteiger partial charge in [-0.2, -0.15) is 5.26 Å². The fourth-order valence-corrected chi connectivity index (χ4v) is 5.42. The Balaban J connectivity index is 1.66. The average Bonchev–Trinajstić information content (AvgIpc) is 3.22. The van der Waals surface area contributed by atoms with Crippen LogP contribution in [0.25, 0.3) is 6.08 Å². The molecular weight excluding hydrogens is 496 g/mol. The minimum absolute atomic E-state index is 0.0986. The zero-order valence-corrected chi connectivity index (χ0v) is 21.7. The smallest absolute Gasteiger partial charge is 0.271 e. The van der Waals surface area contributed by atoms with Gasteiger partial charge >= 0.3 is 0 Å². The van der Waals surface area contributed by atoms with E-state index in [1.807, 2.05) is 85.8 Å². The number of nitriles is 1. The second-order valence-electron chi connectivity index (χ2n) is 8.80. The number of nitrogens with one attached hydrogen (secondary N) is 1. The van der Waals surface area contributed by atoms with E-state index in [1.165, 1.54) is 11.3 Å². The van der Waals surface area contributed by atoms with Gasteiger partial charge in [0.05, 0.1) is 21.8 Å². The van der Waals surface area contributed by atoms with Crippen LogP contribution in [0.3, 0.4) is 0 Å². The predicted octanol–water partition coefficient (Wildman–Crippen LogP) is 4.08. The van der Waals surface area contributed by atoms with E-state index in [0.717, 1.165) is 11.1 Å². The van der Waals surface area contributed by atoms with Crippen molar-refractivity contribution in [3.63, 3.8) is 0 Å². The molecule has 1 aliphatic rings. The van der Waals surface area contributed by atoms with Gasteiger partial charge in [0.15, 0.2) is 11.4 Å². The average molecular weight is 521 g/mol. The number of carbonyl (C=O) groups is 1. The van der Waals surface area contributed by atoms with Crippen molar-refractivity contribution in [2.45, 2.75) is 19.9 Å². The lowest BCUT2D eigenvalue weighted by molar-refractivity contribution is -0.113. The van der Waals surface area contributed by atoms with Crippen molar-refractivity contribution >= 4 is 29.0 Å². The van der Waals surface area contributed by atoms with Gasteiger partial charge in [0.1, 0.15) is 11.8 Å². The second kappa shape index (κ2) is 10.7. The molecule has 0 saturated heterocycles. The highest BCUT2D eigenvalue weighted by atomic mass is 32.1. The van der Waals surface area contributed by atoms with E-state index in [-0.39, 0.29) is 18.1 Å². The molecule has 0 saturated carbocycles. The zero-order valence-electron chi connectivity index (χ0n) is 20.8. The summed E-state index contributed by atoms with van der Waals surface area (Å²) in [4.78, 5) is 32.7. The van der Waals surface area contributed by atoms with Crippen molar-refractivity contribution in [1.82, 2.24) is 4.57 Å². The first kappa shape index (κ1) is 24.9. The molecule has 0 unspecified atom stereocenters. The van der Waals surface area contributed by atoms with Crippen LogP contribution in [0.5, 0.6) is 5.75 Å². The Labute approximate surface area is 223 Å². The molecule has 5 rings (SSSR count). The Morgan fingerprint density at radius 1 is 1.08 bits per heavy atom. The molecule has 0 bridgehead atoms. The van der Waals surface area contributed by atoms with Crippen LogP contribution in [0.1, 0.15) is 29.7 Å². The molecule has 1 aromatic heterocycles. The Bertz CT molecular complexity index is 1760. The van der Waals surface area contributed by atoms with Crippen LogP contribution < -0.4 is 24.9 Å². The summed E-state index contributed by atoms with van der Waals surface area (Å²) in [5.41, 5.74) is 3.93. The molecule has 1 amide bonds. The third-order valence-corrected chi connectivity index (χ3v) is 7.17. The van der Waals surface area contributed by atoms with Crippen LogP contribution in [-0.4, -0.2) is 17.1 Å². The number of hydrogen-bond donors (Lipinski definition) is 1. The summed E-state index contributed by atoms with van der Waals surface area (Å²) < 4.78 is 7.58. The normalized spacial score (nSPS) is 14.9. The molecule has 2 heterocycles. The summed E-state index contributed by atoms with van der Waals surface area (Å²) in [6, 6.07) is 25.6. The second-order valence-corrected chi connectivity index (χ2v) is 9.81. The van der Waals surface area contributed by atoms with Crippen molar-refractivity contribution in [2.75, 3.05) is 11.9 Å². The van der Waals surface area contributed by atoms with E-state index in [4.69, 9.17) is 10.00 Å². The molecule has 1 N–H and O–H groups in total. The van der Waals surface area contributed by atoms with Crippen LogP contribution >= 0.6 is 11.3 Å². The number of allylic oxidation sites excluding steroid dienone is 1. The number of carbonyl (C=O) groups excluding carboxylic acids is 1. The highest BCUT2D eigenvalue weighted by Crippen LogP contribution is 2.31. The SMILES string of the molecule is CC1=C(C(=O)Nc2ccccc2)[C@H](c2ccc(C)cc2)n2c(s/c(=C\c3ccccc3OCC#N)c2=O)=N1. The lowest BCUT2D eigenvalue weighted by atomic mass is 9.94. The summed E-state index contributed by atoms with van der Waals surface area (Å²) in [6.45, 7) is 3.69. The number of aromatic nitrogens is 1. The van der Waals surface area contributed by atoms with Crippen molar-refractivity contribution in [1.29, 1.82) is 5.26 Å². The highest BCUT2D eigenvalue weighted by Gasteiger charge is 2.32. The molecule has 0 spiro atoms. The fourth-order valence-electron chi connectivity index (χ4n) is 4.38. The molecule has 1 aliphatic heterocycles. The summed E-state index contributed by atoms with van der Waals surface area (Å²) in [5.74, 6) is 0.196. The molecule has 0 aliphatic carbocycles. The Morgan fingerprint density at radius 3 is 2.53 bits per heavy atom. The van der Waals surface area contributed by atoms with E-state index < -0.39 is 6.04 Å². The van der Waals surface area contributed by atoms with Crippen LogP contribution in [0.2, 0.25) is 0 Å². The quantitative estimate of drug-likeness (QED) is 0.414. The van der Waals surface area contributed by atoms with E-state index in [9.17, 15) is 9.59 Å². The Hall–Kier alpha value is -4.74. The van der Waals surface area contributed by atoms with Gasteiger partial charge in [-0.25, -0.2) is 4.99 Å². The molecule has 4 aromatic rings. The number of anilines is 1. The number of benzene rings is 3. The Kier molecular flexibility index (Phi) is 7.03. The zero-order chi connectivity index (χ0) is 26.6. The summed E-state index contributed by atoms with van der Waals surface area (Å²) in [5, 5.41) is 11.9. The fraction of sp³-hybridized carbons (Fsp3) is 0.133. The first-order chi connectivity index (χ1) is 18.5. The third-order valence-electron chi connectivity index (χ3n) is 6.19. The monoisotopic (exact) mass is 520 g/mol. The largest absolute Gasteiger partial charge is 0.478 e. The predicted molar refractivity (Wildman–Crippen MR) is 148 cm³/mol. The van der Waals surface area contributed by atoms with Crippen LogP contribution in [-0.2, 0) is 4.79 Å². The first-order valence-corrected chi connectivity index (χ1v) is 12.8. The van der Waals surface area contributed by atoms with Crippen molar-refractivity contribution in [3.05, 3.63) is 127 Å². The molecule has 0 fully saturated rings. The van der Waals surface area contributed by atoms with Gasteiger partial charge in [0.25, 0.3) is 11.5 Å². The summed E-state index contributed by atoms with van der Waals surface area (Å²) >= 11 is 1.25. The number of thiazole rings is 1. The topological polar surface area (TPSA) is 96.5 Å². The van der Waals surface area contributed by atoms with Gasteiger partial charge < -0.3 is 10.1 Å². The Morgan fingerprint density at radius 2 is 1.79 bits per heavy atom. The number of ether oxygens (including phenoxy) is 1. The van der Waals surface area contributed by atoms with Gasteiger partial charge in [-0.3, -0.25) is 14.2 Å². The van der Waals surface area contributed by atoms with E-state index in [0.29, 0.717) is 37.6 Å². The maximum Gasteiger partial charge on any atom is 0.271 e. The number of fused-ring (bicyclic) bond motifs is 1. The minimum atomic E-state index is -0.650. The summed E-state index contributed by atoms with van der Waals surface area (Å²) in [6.07, 6.45) is 1.74. The first-order valence-electron chi connectivity index (χ1n) is 12.0. The molecule has 0 radical (unpaired) electrons. The third kappa shape index (κ3) is 4.92. The van der Waals surface area contributed by atoms with E-state index in [1.54, 1.807) is 23.6 Å². The van der Waals surface area contributed by atoms with Crippen molar-refractivity contribution < 1.29 is 9.53 Å². The molecule has 1 atom stereocenters. The molecule has 8 heteroatoms. The molecule has 38 heavy (non-hydrogen) atoms. The maximum atomic E-state index is 13.9. The number of amides is 1. The number of rotatable bonds is 6. The molecule has 7 nitrogen and oxygen atoms in total. The molecular formula is C30H24N4O3S. The number of para-hydroxylation sites is 2.